The van der Waals surface area contributed by atoms with Gasteiger partial charge in [-0.25, -0.2) is 0 Å². The average Bonchev–Trinajstić information content (AvgIpc) is 2.60. The Morgan fingerprint density at radius 1 is 1.12 bits per heavy atom. The number of alkyl halides is 3. The molecule has 0 radical (unpaired) electrons. The van der Waals surface area contributed by atoms with E-state index in [0.717, 1.165) is 44.2 Å². The fourth-order valence-corrected chi connectivity index (χ4v) is 2.89. The Kier molecular flexibility index (Phi) is 6.84. The summed E-state index contributed by atoms with van der Waals surface area (Å²) in [5.41, 5.74) is 0.146. The topological polar surface area (TPSA) is 87.7 Å². The molecule has 9 heteroatoms. The first kappa shape index (κ1) is 20.0. The lowest BCUT2D eigenvalue weighted by molar-refractivity contribution is -0.274. The Morgan fingerprint density at radius 3 is 2.31 bits per heavy atom. The van der Waals surface area contributed by atoms with E-state index in [1.54, 1.807) is 0 Å². The standard InChI is InChI=1S/C17H21F3N2O4/c18-17(19,20)26-13-8-6-12(7-9-13)22-16(25)15(24)21-10-14(23)11-4-2-1-3-5-11/h6-9,11,14,23H,1-5,10H2,(H,21,24)(H,22,25)/t14-/m0/s1. The van der Waals surface area contributed by atoms with Gasteiger partial charge in [0.2, 0.25) is 0 Å². The number of ether oxygens (including phenoxy) is 1. The van der Waals surface area contributed by atoms with Crippen LogP contribution in [0.25, 0.3) is 0 Å². The Bertz CT molecular complexity index is 613. The summed E-state index contributed by atoms with van der Waals surface area (Å²) in [6.07, 6.45) is -0.473. The molecule has 1 aromatic carbocycles. The van der Waals surface area contributed by atoms with E-state index in [-0.39, 0.29) is 18.2 Å². The van der Waals surface area contributed by atoms with Gasteiger partial charge < -0.3 is 20.5 Å². The number of hydrogen-bond donors (Lipinski definition) is 3. The minimum atomic E-state index is -4.80. The van der Waals surface area contributed by atoms with Gasteiger partial charge in [0.15, 0.2) is 0 Å². The van der Waals surface area contributed by atoms with E-state index in [2.05, 4.69) is 15.4 Å². The molecule has 1 aliphatic rings. The van der Waals surface area contributed by atoms with Crippen LogP contribution >= 0.6 is 0 Å². The molecule has 2 rings (SSSR count). The molecule has 1 saturated carbocycles. The Labute approximate surface area is 148 Å². The smallest absolute Gasteiger partial charge is 0.406 e. The van der Waals surface area contributed by atoms with Crippen LogP contribution in [0.15, 0.2) is 24.3 Å². The van der Waals surface area contributed by atoms with Gasteiger partial charge in [0, 0.05) is 12.2 Å². The molecule has 1 aliphatic carbocycles. The van der Waals surface area contributed by atoms with Crippen LogP contribution in [0.1, 0.15) is 32.1 Å². The normalized spacial score (nSPS) is 16.6. The minimum Gasteiger partial charge on any atom is -0.406 e. The second kappa shape index (κ2) is 8.88. The highest BCUT2D eigenvalue weighted by Gasteiger charge is 2.31. The Balaban J connectivity index is 1.78. The number of amides is 2. The van der Waals surface area contributed by atoms with E-state index in [4.69, 9.17) is 0 Å². The summed E-state index contributed by atoms with van der Waals surface area (Å²) in [4.78, 5) is 23.6. The second-order valence-corrected chi connectivity index (χ2v) is 6.20. The summed E-state index contributed by atoms with van der Waals surface area (Å²) in [5, 5.41) is 14.7. The molecule has 0 spiro atoms. The molecule has 6 nitrogen and oxygen atoms in total. The highest BCUT2D eigenvalue weighted by Crippen LogP contribution is 2.26. The minimum absolute atomic E-state index is 0.0186. The first-order valence-electron chi connectivity index (χ1n) is 8.37. The van der Waals surface area contributed by atoms with Gasteiger partial charge in [-0.1, -0.05) is 19.3 Å². The maximum Gasteiger partial charge on any atom is 0.573 e. The summed E-state index contributed by atoms with van der Waals surface area (Å²) in [5.74, 6) is -2.20. The quantitative estimate of drug-likeness (QED) is 0.692. The summed E-state index contributed by atoms with van der Waals surface area (Å²) in [6.45, 7) is -0.0186. The van der Waals surface area contributed by atoms with Crippen molar-refractivity contribution < 1.29 is 32.6 Å². The van der Waals surface area contributed by atoms with Crippen molar-refractivity contribution in [2.45, 2.75) is 44.6 Å². The van der Waals surface area contributed by atoms with E-state index in [1.807, 2.05) is 0 Å². The predicted octanol–water partition coefficient (Wildman–Crippen LogP) is 2.58. The first-order chi connectivity index (χ1) is 12.2. The van der Waals surface area contributed by atoms with Crippen LogP contribution in [0.5, 0.6) is 5.75 Å². The molecule has 144 valence electrons. The van der Waals surface area contributed by atoms with Crippen molar-refractivity contribution in [3.63, 3.8) is 0 Å². The average molecular weight is 374 g/mol. The SMILES string of the molecule is O=C(NC[C@H](O)C1CCCCC1)C(=O)Nc1ccc(OC(F)(F)F)cc1. The van der Waals surface area contributed by atoms with Gasteiger partial charge in [-0.05, 0) is 43.0 Å². The highest BCUT2D eigenvalue weighted by molar-refractivity contribution is 6.39. The number of nitrogens with one attached hydrogen (secondary N) is 2. The van der Waals surface area contributed by atoms with Gasteiger partial charge in [-0.15, -0.1) is 13.2 Å². The molecule has 0 unspecified atom stereocenters. The number of halogens is 3. The van der Waals surface area contributed by atoms with Crippen LogP contribution in [-0.2, 0) is 9.59 Å². The summed E-state index contributed by atoms with van der Waals surface area (Å²) < 4.78 is 39.9. The maximum absolute atomic E-state index is 12.1. The first-order valence-corrected chi connectivity index (χ1v) is 8.37. The zero-order chi connectivity index (χ0) is 19.2. The van der Waals surface area contributed by atoms with Crippen molar-refractivity contribution in [2.75, 3.05) is 11.9 Å². The van der Waals surface area contributed by atoms with Gasteiger partial charge in [-0.2, -0.15) is 0 Å². The summed E-state index contributed by atoms with van der Waals surface area (Å²) in [6, 6.07) is 4.41. The maximum atomic E-state index is 12.1. The number of aliphatic hydroxyl groups excluding tert-OH is 1. The second-order valence-electron chi connectivity index (χ2n) is 6.20. The van der Waals surface area contributed by atoms with Crippen LogP contribution in [-0.4, -0.2) is 35.9 Å². The molecule has 3 N–H and O–H groups in total. The van der Waals surface area contributed by atoms with Gasteiger partial charge >= 0.3 is 18.2 Å². The van der Waals surface area contributed by atoms with Crippen LogP contribution in [0.3, 0.4) is 0 Å². The van der Waals surface area contributed by atoms with Crippen molar-refractivity contribution in [3.8, 4) is 5.75 Å². The van der Waals surface area contributed by atoms with E-state index >= 15 is 0 Å². The van der Waals surface area contributed by atoms with E-state index < -0.39 is 30.0 Å². The molecule has 2 amide bonds. The summed E-state index contributed by atoms with van der Waals surface area (Å²) >= 11 is 0. The number of carbonyl (C=O) groups is 2. The largest absolute Gasteiger partial charge is 0.573 e. The number of benzene rings is 1. The van der Waals surface area contributed by atoms with E-state index in [0.29, 0.717) is 0 Å². The predicted molar refractivity (Wildman–Crippen MR) is 87.3 cm³/mol. The molecule has 0 saturated heterocycles. The van der Waals surface area contributed by atoms with Gasteiger partial charge in [0.1, 0.15) is 5.75 Å². The zero-order valence-corrected chi connectivity index (χ0v) is 14.0. The van der Waals surface area contributed by atoms with Gasteiger partial charge in [0.25, 0.3) is 0 Å². The number of hydrogen-bond acceptors (Lipinski definition) is 4. The lowest BCUT2D eigenvalue weighted by Crippen LogP contribution is -2.42. The van der Waals surface area contributed by atoms with Crippen molar-refractivity contribution in [1.82, 2.24) is 5.32 Å². The molecule has 0 aromatic heterocycles. The van der Waals surface area contributed by atoms with Crippen molar-refractivity contribution in [2.24, 2.45) is 5.92 Å². The van der Waals surface area contributed by atoms with Crippen molar-refractivity contribution >= 4 is 17.5 Å². The number of carbonyl (C=O) groups excluding carboxylic acids is 2. The molecule has 0 bridgehead atoms. The zero-order valence-electron chi connectivity index (χ0n) is 14.0. The third-order valence-electron chi connectivity index (χ3n) is 4.22. The lowest BCUT2D eigenvalue weighted by Gasteiger charge is -2.26. The lowest BCUT2D eigenvalue weighted by atomic mass is 9.85. The van der Waals surface area contributed by atoms with Gasteiger partial charge in [0.05, 0.1) is 6.10 Å². The van der Waals surface area contributed by atoms with Crippen molar-refractivity contribution in [1.29, 1.82) is 0 Å². The molecule has 1 atom stereocenters. The number of aliphatic hydroxyl groups is 1. The van der Waals surface area contributed by atoms with Crippen LogP contribution in [0, 0.1) is 5.92 Å². The molecular formula is C17H21F3N2O4. The van der Waals surface area contributed by atoms with Crippen molar-refractivity contribution in [3.05, 3.63) is 24.3 Å². The fourth-order valence-electron chi connectivity index (χ4n) is 2.89. The molecule has 1 fully saturated rings. The third kappa shape index (κ3) is 6.55. The molecule has 26 heavy (non-hydrogen) atoms. The van der Waals surface area contributed by atoms with E-state index in [9.17, 15) is 27.9 Å². The Hall–Kier alpha value is -2.29. The molecule has 0 aliphatic heterocycles. The van der Waals surface area contributed by atoms with Crippen LogP contribution in [0.2, 0.25) is 0 Å². The Morgan fingerprint density at radius 2 is 1.73 bits per heavy atom. The van der Waals surface area contributed by atoms with Crippen LogP contribution < -0.4 is 15.4 Å². The third-order valence-corrected chi connectivity index (χ3v) is 4.22. The highest BCUT2D eigenvalue weighted by atomic mass is 19.4. The molecular weight excluding hydrogens is 353 g/mol. The molecule has 1 aromatic rings. The summed E-state index contributed by atoms with van der Waals surface area (Å²) in [7, 11) is 0. The van der Waals surface area contributed by atoms with Crippen LogP contribution in [0.4, 0.5) is 18.9 Å². The van der Waals surface area contributed by atoms with E-state index in [1.165, 1.54) is 12.1 Å². The monoisotopic (exact) mass is 374 g/mol. The molecule has 0 heterocycles. The fraction of sp³-hybridized carbons (Fsp3) is 0.529. The number of anilines is 1. The number of rotatable bonds is 5. The van der Waals surface area contributed by atoms with Gasteiger partial charge in [-0.3, -0.25) is 9.59 Å².